The smallest absolute Gasteiger partial charge is 0.354 e. The highest BCUT2D eigenvalue weighted by molar-refractivity contribution is 6.33. The topological polar surface area (TPSA) is 68.0 Å². The van der Waals surface area contributed by atoms with Crippen molar-refractivity contribution in [2.24, 2.45) is 7.05 Å². The molecule has 0 spiro atoms. The molecule has 0 bridgehead atoms. The minimum atomic E-state index is -1.06. The van der Waals surface area contributed by atoms with E-state index in [1.165, 1.54) is 12.3 Å². The molecule has 5 nitrogen and oxygen atoms in total. The van der Waals surface area contributed by atoms with E-state index in [2.05, 4.69) is 10.1 Å². The summed E-state index contributed by atoms with van der Waals surface area (Å²) in [4.78, 5) is 14.9. The van der Waals surface area contributed by atoms with Crippen LogP contribution in [0.3, 0.4) is 0 Å². The summed E-state index contributed by atoms with van der Waals surface area (Å²) >= 11 is 6.01. The van der Waals surface area contributed by atoms with Crippen LogP contribution in [0, 0.1) is 6.92 Å². The first-order valence-electron chi connectivity index (χ1n) is 4.89. The second-order valence-electron chi connectivity index (χ2n) is 3.65. The first-order valence-corrected chi connectivity index (χ1v) is 5.26. The Labute approximate surface area is 103 Å². The van der Waals surface area contributed by atoms with E-state index >= 15 is 0 Å². The lowest BCUT2D eigenvalue weighted by Crippen LogP contribution is -2.03. The largest absolute Gasteiger partial charge is 0.477 e. The number of carboxylic acid groups (broad SMARTS) is 1. The molecule has 0 amide bonds. The van der Waals surface area contributed by atoms with Crippen molar-refractivity contribution in [3.05, 3.63) is 34.7 Å². The summed E-state index contributed by atoms with van der Waals surface area (Å²) in [6, 6.07) is 3.26. The lowest BCUT2D eigenvalue weighted by atomic mass is 10.1. The average Bonchev–Trinajstić information content (AvgIpc) is 2.57. The number of aromatic nitrogens is 3. The van der Waals surface area contributed by atoms with Crippen molar-refractivity contribution in [3.8, 4) is 11.3 Å². The first-order chi connectivity index (χ1) is 7.99. The molecule has 0 aliphatic heterocycles. The summed E-state index contributed by atoms with van der Waals surface area (Å²) in [6.07, 6.45) is 1.52. The summed E-state index contributed by atoms with van der Waals surface area (Å²) in [7, 11) is 1.75. The Kier molecular flexibility index (Phi) is 2.85. The summed E-state index contributed by atoms with van der Waals surface area (Å²) < 4.78 is 1.60. The first kappa shape index (κ1) is 11.6. The average molecular weight is 252 g/mol. The monoisotopic (exact) mass is 251 g/mol. The molecule has 0 saturated heterocycles. The Bertz CT molecular complexity index is 573. The molecule has 2 aromatic rings. The summed E-state index contributed by atoms with van der Waals surface area (Å²) in [5.74, 6) is -1.06. The minimum absolute atomic E-state index is 0.00253. The van der Waals surface area contributed by atoms with Gasteiger partial charge in [0.1, 0.15) is 5.69 Å². The third-order valence-electron chi connectivity index (χ3n) is 2.34. The highest BCUT2D eigenvalue weighted by atomic mass is 35.5. The van der Waals surface area contributed by atoms with Gasteiger partial charge in [0.15, 0.2) is 0 Å². The van der Waals surface area contributed by atoms with Gasteiger partial charge in [0.2, 0.25) is 0 Å². The maximum absolute atomic E-state index is 10.9. The van der Waals surface area contributed by atoms with Crippen LogP contribution in [0.1, 0.15) is 16.2 Å². The van der Waals surface area contributed by atoms with Gasteiger partial charge in [-0.2, -0.15) is 5.10 Å². The molecule has 2 heterocycles. The van der Waals surface area contributed by atoms with Gasteiger partial charge in [0.25, 0.3) is 0 Å². The summed E-state index contributed by atoms with van der Waals surface area (Å²) in [5, 5.41) is 13.4. The van der Waals surface area contributed by atoms with E-state index in [-0.39, 0.29) is 5.69 Å². The number of carbonyl (C=O) groups is 1. The van der Waals surface area contributed by atoms with E-state index < -0.39 is 5.97 Å². The van der Waals surface area contributed by atoms with E-state index in [4.69, 9.17) is 16.7 Å². The fourth-order valence-corrected chi connectivity index (χ4v) is 1.93. The minimum Gasteiger partial charge on any atom is -0.477 e. The molecule has 88 valence electrons. The number of aryl methyl sites for hydroxylation is 2. The van der Waals surface area contributed by atoms with Crippen LogP contribution < -0.4 is 0 Å². The number of carboxylic acids is 1. The molecule has 0 aliphatic carbocycles. The molecule has 6 heteroatoms. The molecule has 17 heavy (non-hydrogen) atoms. The lowest BCUT2D eigenvalue weighted by Gasteiger charge is -2.05. The van der Waals surface area contributed by atoms with Crippen LogP contribution in [0.2, 0.25) is 5.02 Å². The van der Waals surface area contributed by atoms with E-state index in [9.17, 15) is 4.79 Å². The number of rotatable bonds is 2. The molecule has 0 unspecified atom stereocenters. The predicted molar refractivity (Wildman–Crippen MR) is 63.1 cm³/mol. The van der Waals surface area contributed by atoms with Crippen molar-refractivity contribution in [1.29, 1.82) is 0 Å². The van der Waals surface area contributed by atoms with Crippen molar-refractivity contribution in [2.45, 2.75) is 6.92 Å². The normalized spacial score (nSPS) is 10.5. The quantitative estimate of drug-likeness (QED) is 0.888. The van der Waals surface area contributed by atoms with Crippen LogP contribution in [0.5, 0.6) is 0 Å². The van der Waals surface area contributed by atoms with Crippen LogP contribution in [0.15, 0.2) is 18.3 Å². The molecule has 0 aliphatic rings. The van der Waals surface area contributed by atoms with Crippen molar-refractivity contribution in [3.63, 3.8) is 0 Å². The summed E-state index contributed by atoms with van der Waals surface area (Å²) in [6.45, 7) is 1.74. The highest BCUT2D eigenvalue weighted by Gasteiger charge is 2.13. The molecule has 0 saturated carbocycles. The van der Waals surface area contributed by atoms with Gasteiger partial charge in [-0.25, -0.2) is 9.78 Å². The molecule has 0 fully saturated rings. The van der Waals surface area contributed by atoms with E-state index in [1.54, 1.807) is 24.7 Å². The number of nitrogens with zero attached hydrogens (tertiary/aromatic N) is 3. The van der Waals surface area contributed by atoms with Crippen molar-refractivity contribution >= 4 is 17.6 Å². The number of hydrogen-bond donors (Lipinski definition) is 1. The molecular formula is C11H10ClN3O2. The molecular weight excluding hydrogens is 242 g/mol. The maximum Gasteiger partial charge on any atom is 0.354 e. The third kappa shape index (κ3) is 2.14. The predicted octanol–water partition coefficient (Wildman–Crippen LogP) is 2.14. The van der Waals surface area contributed by atoms with Gasteiger partial charge >= 0.3 is 5.97 Å². The third-order valence-corrected chi connectivity index (χ3v) is 2.62. The van der Waals surface area contributed by atoms with Crippen LogP contribution in [0.25, 0.3) is 11.3 Å². The van der Waals surface area contributed by atoms with Gasteiger partial charge in [-0.15, -0.1) is 0 Å². The van der Waals surface area contributed by atoms with Crippen molar-refractivity contribution < 1.29 is 9.90 Å². The number of halogens is 1. The van der Waals surface area contributed by atoms with Gasteiger partial charge in [0.05, 0.1) is 16.9 Å². The molecule has 2 aromatic heterocycles. The van der Waals surface area contributed by atoms with Crippen LogP contribution >= 0.6 is 11.6 Å². The lowest BCUT2D eigenvalue weighted by molar-refractivity contribution is 0.0690. The zero-order chi connectivity index (χ0) is 12.6. The molecule has 2 rings (SSSR count). The van der Waals surface area contributed by atoms with Crippen LogP contribution in [-0.4, -0.2) is 25.8 Å². The SMILES string of the molecule is Cc1cc(-c2c(Cl)cnn2C)cc(C(=O)O)n1. The summed E-state index contributed by atoms with van der Waals surface area (Å²) in [5.41, 5.74) is 1.99. The highest BCUT2D eigenvalue weighted by Crippen LogP contribution is 2.27. The van der Waals surface area contributed by atoms with Gasteiger partial charge in [-0.05, 0) is 19.1 Å². The Hall–Kier alpha value is -1.88. The van der Waals surface area contributed by atoms with Gasteiger partial charge in [-0.1, -0.05) is 11.6 Å². The van der Waals surface area contributed by atoms with E-state index in [0.717, 1.165) is 0 Å². The van der Waals surface area contributed by atoms with Crippen molar-refractivity contribution in [1.82, 2.24) is 14.8 Å². The molecule has 0 aromatic carbocycles. The van der Waals surface area contributed by atoms with Gasteiger partial charge < -0.3 is 5.11 Å². The number of aromatic carboxylic acids is 1. The maximum atomic E-state index is 10.9. The second kappa shape index (κ2) is 4.18. The van der Waals surface area contributed by atoms with Gasteiger partial charge in [0, 0.05) is 18.3 Å². The fraction of sp³-hybridized carbons (Fsp3) is 0.182. The van der Waals surface area contributed by atoms with E-state index in [1.807, 2.05) is 0 Å². The molecule has 0 atom stereocenters. The molecule has 1 N–H and O–H groups in total. The Morgan fingerprint density at radius 1 is 1.47 bits per heavy atom. The van der Waals surface area contributed by atoms with E-state index in [0.29, 0.717) is 22.0 Å². The number of hydrogen-bond acceptors (Lipinski definition) is 3. The Morgan fingerprint density at radius 2 is 2.18 bits per heavy atom. The second-order valence-corrected chi connectivity index (χ2v) is 4.06. The number of pyridine rings is 1. The van der Waals surface area contributed by atoms with Crippen molar-refractivity contribution in [2.75, 3.05) is 0 Å². The Morgan fingerprint density at radius 3 is 2.71 bits per heavy atom. The van der Waals surface area contributed by atoms with Crippen LogP contribution in [0.4, 0.5) is 0 Å². The van der Waals surface area contributed by atoms with Gasteiger partial charge in [-0.3, -0.25) is 4.68 Å². The standard InChI is InChI=1S/C11H10ClN3O2/c1-6-3-7(4-9(14-6)11(16)17)10-8(12)5-13-15(10)2/h3-5H,1-2H3,(H,16,17). The Balaban J connectivity index is 2.64. The molecule has 0 radical (unpaired) electrons. The zero-order valence-corrected chi connectivity index (χ0v) is 10.1. The van der Waals surface area contributed by atoms with Crippen LogP contribution in [-0.2, 0) is 7.05 Å². The fourth-order valence-electron chi connectivity index (χ4n) is 1.65. The zero-order valence-electron chi connectivity index (χ0n) is 9.31.